The summed E-state index contributed by atoms with van der Waals surface area (Å²) in [4.78, 5) is 13.3. The van der Waals surface area contributed by atoms with Crippen molar-refractivity contribution in [1.82, 2.24) is 4.90 Å². The van der Waals surface area contributed by atoms with Crippen molar-refractivity contribution < 1.29 is 14.6 Å². The van der Waals surface area contributed by atoms with E-state index in [0.717, 1.165) is 6.42 Å². The number of rotatable bonds is 2. The molecule has 0 bridgehead atoms. The minimum absolute atomic E-state index is 0.224. The Labute approximate surface area is 84.8 Å². The third-order valence-electron chi connectivity index (χ3n) is 2.74. The molecule has 1 fully saturated rings. The van der Waals surface area contributed by atoms with Crippen molar-refractivity contribution >= 4 is 5.91 Å². The maximum atomic E-state index is 11.7. The van der Waals surface area contributed by atoms with Gasteiger partial charge in [0.2, 0.25) is 0 Å². The van der Waals surface area contributed by atoms with Crippen molar-refractivity contribution in [2.45, 2.75) is 38.4 Å². The fourth-order valence-electron chi connectivity index (χ4n) is 1.66. The average molecular weight is 201 g/mol. The molecule has 1 atom stereocenters. The summed E-state index contributed by atoms with van der Waals surface area (Å²) >= 11 is 0. The molecule has 4 nitrogen and oxygen atoms in total. The zero-order valence-electron chi connectivity index (χ0n) is 9.33. The summed E-state index contributed by atoms with van der Waals surface area (Å²) < 4.78 is 5.32. The van der Waals surface area contributed by atoms with Gasteiger partial charge in [0.05, 0.1) is 5.60 Å². The fraction of sp³-hybridized carbons (Fsp3) is 0.900. The summed E-state index contributed by atoms with van der Waals surface area (Å²) in [5, 5.41) is 9.56. The number of hydrogen-bond donors (Lipinski definition) is 1. The molecule has 1 unspecified atom stereocenters. The molecule has 0 aromatic carbocycles. The van der Waals surface area contributed by atoms with Crippen LogP contribution in [0, 0.1) is 0 Å². The summed E-state index contributed by atoms with van der Waals surface area (Å²) in [6.45, 7) is 6.22. The molecule has 0 spiro atoms. The Hall–Kier alpha value is -0.610. The van der Waals surface area contributed by atoms with Gasteiger partial charge in [-0.25, -0.2) is 0 Å². The second-order valence-electron chi connectivity index (χ2n) is 4.69. The summed E-state index contributed by atoms with van der Waals surface area (Å²) in [5.74, 6) is -0.224. The summed E-state index contributed by atoms with van der Waals surface area (Å²) in [6, 6.07) is 0. The highest BCUT2D eigenvalue weighted by Gasteiger charge is 2.40. The third-order valence-corrected chi connectivity index (χ3v) is 2.74. The highest BCUT2D eigenvalue weighted by atomic mass is 16.5. The number of aliphatic hydroxyl groups is 1. The first-order valence-electron chi connectivity index (χ1n) is 4.85. The Kier molecular flexibility index (Phi) is 2.88. The number of carbonyl (C=O) groups is 1. The van der Waals surface area contributed by atoms with Gasteiger partial charge in [0.25, 0.3) is 5.91 Å². The zero-order valence-corrected chi connectivity index (χ0v) is 9.33. The van der Waals surface area contributed by atoms with E-state index in [-0.39, 0.29) is 11.5 Å². The van der Waals surface area contributed by atoms with Crippen LogP contribution < -0.4 is 0 Å². The number of methoxy groups -OCH3 is 1. The Bertz CT molecular complexity index is 234. The summed E-state index contributed by atoms with van der Waals surface area (Å²) in [7, 11) is 1.65. The van der Waals surface area contributed by atoms with E-state index in [1.54, 1.807) is 12.0 Å². The van der Waals surface area contributed by atoms with Crippen LogP contribution in [-0.4, -0.2) is 47.3 Å². The number of nitrogens with zero attached hydrogens (tertiary/aromatic N) is 1. The summed E-state index contributed by atoms with van der Waals surface area (Å²) in [5.41, 5.74) is -1.53. The topological polar surface area (TPSA) is 49.8 Å². The molecule has 1 heterocycles. The van der Waals surface area contributed by atoms with Crippen LogP contribution in [0.1, 0.15) is 27.2 Å². The standard InChI is InChI=1S/C10H19NO3/c1-9(2,13)8(12)11-6-5-10(3,7-11)14-4/h13H,5-7H2,1-4H3. The minimum Gasteiger partial charge on any atom is -0.381 e. The molecule has 14 heavy (non-hydrogen) atoms. The van der Waals surface area contributed by atoms with E-state index in [9.17, 15) is 9.90 Å². The molecule has 1 aliphatic rings. The number of ether oxygens (including phenoxy) is 1. The van der Waals surface area contributed by atoms with Crippen LogP contribution in [0.2, 0.25) is 0 Å². The van der Waals surface area contributed by atoms with Crippen LogP contribution in [0.4, 0.5) is 0 Å². The lowest BCUT2D eigenvalue weighted by atomic mass is 10.1. The zero-order chi connectivity index (χ0) is 11.0. The molecule has 0 aromatic rings. The molecule has 4 heteroatoms. The lowest BCUT2D eigenvalue weighted by Crippen LogP contribution is -2.45. The quantitative estimate of drug-likeness (QED) is 0.703. The monoisotopic (exact) mass is 201 g/mol. The molecule has 1 amide bonds. The van der Waals surface area contributed by atoms with Crippen molar-refractivity contribution in [3.8, 4) is 0 Å². The Morgan fingerprint density at radius 3 is 2.50 bits per heavy atom. The van der Waals surface area contributed by atoms with E-state index >= 15 is 0 Å². The number of amides is 1. The van der Waals surface area contributed by atoms with Gasteiger partial charge in [-0.1, -0.05) is 0 Å². The molecule has 1 rings (SSSR count). The smallest absolute Gasteiger partial charge is 0.254 e. The van der Waals surface area contributed by atoms with Crippen LogP contribution in [0.15, 0.2) is 0 Å². The minimum atomic E-state index is -1.28. The first kappa shape index (κ1) is 11.5. The highest BCUT2D eigenvalue weighted by Crippen LogP contribution is 2.25. The largest absolute Gasteiger partial charge is 0.381 e. The second-order valence-corrected chi connectivity index (χ2v) is 4.69. The predicted molar refractivity (Wildman–Crippen MR) is 52.9 cm³/mol. The van der Waals surface area contributed by atoms with E-state index in [1.807, 2.05) is 6.92 Å². The van der Waals surface area contributed by atoms with Gasteiger partial charge in [-0.15, -0.1) is 0 Å². The van der Waals surface area contributed by atoms with Gasteiger partial charge in [0.15, 0.2) is 0 Å². The van der Waals surface area contributed by atoms with Gasteiger partial charge in [0.1, 0.15) is 5.60 Å². The van der Waals surface area contributed by atoms with Gasteiger partial charge in [-0.3, -0.25) is 4.79 Å². The van der Waals surface area contributed by atoms with E-state index in [2.05, 4.69) is 0 Å². The molecular weight excluding hydrogens is 182 g/mol. The first-order valence-corrected chi connectivity index (χ1v) is 4.85. The molecular formula is C10H19NO3. The molecule has 0 saturated carbocycles. The van der Waals surface area contributed by atoms with Crippen LogP contribution in [0.5, 0.6) is 0 Å². The lowest BCUT2D eigenvalue weighted by molar-refractivity contribution is -0.147. The number of carbonyl (C=O) groups excluding carboxylic acids is 1. The summed E-state index contributed by atoms with van der Waals surface area (Å²) in [6.07, 6.45) is 0.825. The number of hydrogen-bond acceptors (Lipinski definition) is 3. The van der Waals surface area contributed by atoms with E-state index in [1.165, 1.54) is 13.8 Å². The second kappa shape index (κ2) is 3.51. The van der Waals surface area contributed by atoms with Crippen molar-refractivity contribution in [3.05, 3.63) is 0 Å². The highest BCUT2D eigenvalue weighted by molar-refractivity contribution is 5.84. The molecule has 1 aliphatic heterocycles. The molecule has 0 aromatic heterocycles. The lowest BCUT2D eigenvalue weighted by Gasteiger charge is -2.27. The predicted octanol–water partition coefficient (Wildman–Crippen LogP) is 0.395. The molecule has 1 N–H and O–H groups in total. The van der Waals surface area contributed by atoms with E-state index in [4.69, 9.17) is 4.74 Å². The maximum Gasteiger partial charge on any atom is 0.254 e. The Morgan fingerprint density at radius 2 is 2.14 bits per heavy atom. The van der Waals surface area contributed by atoms with Crippen LogP contribution in [0.3, 0.4) is 0 Å². The van der Waals surface area contributed by atoms with Crippen molar-refractivity contribution in [3.63, 3.8) is 0 Å². The van der Waals surface area contributed by atoms with Crippen molar-refractivity contribution in [2.75, 3.05) is 20.2 Å². The van der Waals surface area contributed by atoms with Gasteiger partial charge in [-0.05, 0) is 27.2 Å². The van der Waals surface area contributed by atoms with Crippen LogP contribution in [0.25, 0.3) is 0 Å². The van der Waals surface area contributed by atoms with E-state index in [0.29, 0.717) is 13.1 Å². The van der Waals surface area contributed by atoms with Crippen molar-refractivity contribution in [2.24, 2.45) is 0 Å². The average Bonchev–Trinajstić information content (AvgIpc) is 2.46. The molecule has 0 aliphatic carbocycles. The van der Waals surface area contributed by atoms with Crippen molar-refractivity contribution in [1.29, 1.82) is 0 Å². The molecule has 0 radical (unpaired) electrons. The Morgan fingerprint density at radius 1 is 1.57 bits per heavy atom. The van der Waals surface area contributed by atoms with Gasteiger partial charge < -0.3 is 14.7 Å². The van der Waals surface area contributed by atoms with Crippen LogP contribution in [-0.2, 0) is 9.53 Å². The SMILES string of the molecule is COC1(C)CCN(C(=O)C(C)(C)O)C1. The van der Waals surface area contributed by atoms with Crippen LogP contribution >= 0.6 is 0 Å². The van der Waals surface area contributed by atoms with Gasteiger partial charge in [0, 0.05) is 20.2 Å². The fourth-order valence-corrected chi connectivity index (χ4v) is 1.66. The Balaban J connectivity index is 2.63. The number of likely N-dealkylation sites (tertiary alicyclic amines) is 1. The van der Waals surface area contributed by atoms with Gasteiger partial charge in [-0.2, -0.15) is 0 Å². The third kappa shape index (κ3) is 2.25. The maximum absolute atomic E-state index is 11.7. The first-order chi connectivity index (χ1) is 6.28. The molecule has 82 valence electrons. The van der Waals surface area contributed by atoms with Gasteiger partial charge >= 0.3 is 0 Å². The molecule has 1 saturated heterocycles. The van der Waals surface area contributed by atoms with E-state index < -0.39 is 5.60 Å². The normalized spacial score (nSPS) is 28.2.